The molecule has 0 unspecified atom stereocenters. The molecule has 6 nitrogen and oxygen atoms in total. The molecule has 19 heavy (non-hydrogen) atoms. The van der Waals surface area contributed by atoms with Gasteiger partial charge in [0.1, 0.15) is 5.03 Å². The average Bonchev–Trinajstić information content (AvgIpc) is 3.04. The van der Waals surface area contributed by atoms with Crippen LogP contribution in [0.15, 0.2) is 35.5 Å². The molecule has 2 aromatic heterocycles. The van der Waals surface area contributed by atoms with Gasteiger partial charge in [0.05, 0.1) is 22.2 Å². The highest BCUT2D eigenvalue weighted by atomic mass is 32.2. The maximum absolute atomic E-state index is 11.8. The monoisotopic (exact) mass is 291 g/mol. The first kappa shape index (κ1) is 12.1. The summed E-state index contributed by atoms with van der Waals surface area (Å²) in [5, 5.41) is 14.1. The van der Waals surface area contributed by atoms with Gasteiger partial charge >= 0.3 is 0 Å². The molecule has 0 spiro atoms. The maximum Gasteiger partial charge on any atom is 0.236 e. The number of carbonyl (C=O) groups is 1. The van der Waals surface area contributed by atoms with Crippen LogP contribution in [0.1, 0.15) is 0 Å². The Morgan fingerprint density at radius 1 is 1.42 bits per heavy atom. The standard InChI is InChI=1S/C11H9N5OS2/c17-9(6-18-10-5-12-16-15-10)14-11-13-7-3-1-2-4-8(7)19-11/h1-5H,6H2,(H,12,15,16)(H,13,14,17). The van der Waals surface area contributed by atoms with Gasteiger partial charge in [0, 0.05) is 0 Å². The second-order valence-electron chi connectivity index (χ2n) is 3.63. The van der Waals surface area contributed by atoms with Crippen LogP contribution in [-0.2, 0) is 4.79 Å². The number of para-hydroxylation sites is 1. The third kappa shape index (κ3) is 2.91. The Hall–Kier alpha value is -1.93. The molecule has 96 valence electrons. The van der Waals surface area contributed by atoms with Crippen LogP contribution in [0.2, 0.25) is 0 Å². The van der Waals surface area contributed by atoms with Crippen molar-refractivity contribution in [1.82, 2.24) is 20.4 Å². The number of thiazole rings is 1. The van der Waals surface area contributed by atoms with E-state index < -0.39 is 0 Å². The Bertz CT molecular complexity index is 661. The summed E-state index contributed by atoms with van der Waals surface area (Å²) in [6.07, 6.45) is 1.58. The molecule has 3 rings (SSSR count). The van der Waals surface area contributed by atoms with Crippen molar-refractivity contribution >= 4 is 44.4 Å². The molecule has 3 aromatic rings. The number of hydrogen-bond donors (Lipinski definition) is 2. The predicted octanol–water partition coefficient (Wildman–Crippen LogP) is 2.15. The van der Waals surface area contributed by atoms with Crippen LogP contribution in [0.5, 0.6) is 0 Å². The Kier molecular flexibility index (Phi) is 3.43. The zero-order chi connectivity index (χ0) is 13.1. The molecule has 0 saturated carbocycles. The van der Waals surface area contributed by atoms with Crippen LogP contribution in [0.25, 0.3) is 10.2 Å². The van der Waals surface area contributed by atoms with Crippen LogP contribution < -0.4 is 5.32 Å². The predicted molar refractivity (Wildman–Crippen MR) is 75.4 cm³/mol. The van der Waals surface area contributed by atoms with Crippen molar-refractivity contribution in [3.63, 3.8) is 0 Å². The van der Waals surface area contributed by atoms with Gasteiger partial charge in [-0.2, -0.15) is 10.3 Å². The molecule has 0 aliphatic rings. The number of carbonyl (C=O) groups excluding carboxylic acids is 1. The molecule has 0 aliphatic carbocycles. The number of benzene rings is 1. The largest absolute Gasteiger partial charge is 0.301 e. The SMILES string of the molecule is O=C(CSc1cn[nH]n1)Nc1nc2ccccc2s1. The fourth-order valence-electron chi connectivity index (χ4n) is 1.48. The number of fused-ring (bicyclic) bond motifs is 1. The van der Waals surface area contributed by atoms with E-state index in [0.717, 1.165) is 10.2 Å². The lowest BCUT2D eigenvalue weighted by molar-refractivity contribution is -0.113. The highest BCUT2D eigenvalue weighted by molar-refractivity contribution is 7.99. The smallest absolute Gasteiger partial charge is 0.236 e. The molecular formula is C11H9N5OS2. The molecule has 2 N–H and O–H groups in total. The lowest BCUT2D eigenvalue weighted by Gasteiger charge is -1.98. The van der Waals surface area contributed by atoms with Crippen molar-refractivity contribution in [2.45, 2.75) is 5.03 Å². The highest BCUT2D eigenvalue weighted by Gasteiger charge is 2.08. The molecule has 0 bridgehead atoms. The minimum atomic E-state index is -0.105. The number of nitrogens with zero attached hydrogens (tertiary/aromatic N) is 3. The highest BCUT2D eigenvalue weighted by Crippen LogP contribution is 2.25. The lowest BCUT2D eigenvalue weighted by atomic mass is 10.3. The topological polar surface area (TPSA) is 83.6 Å². The van der Waals surface area contributed by atoms with E-state index in [9.17, 15) is 4.79 Å². The summed E-state index contributed by atoms with van der Waals surface area (Å²) in [5.41, 5.74) is 0.895. The maximum atomic E-state index is 11.8. The van der Waals surface area contributed by atoms with Crippen molar-refractivity contribution in [3.05, 3.63) is 30.5 Å². The number of thioether (sulfide) groups is 1. The summed E-state index contributed by atoms with van der Waals surface area (Å²) in [5.74, 6) is 0.176. The van der Waals surface area contributed by atoms with Crippen LogP contribution >= 0.6 is 23.1 Å². The molecule has 0 fully saturated rings. The van der Waals surface area contributed by atoms with E-state index in [2.05, 4.69) is 25.7 Å². The quantitative estimate of drug-likeness (QED) is 0.720. The van der Waals surface area contributed by atoms with Gasteiger partial charge in [0.15, 0.2) is 5.13 Å². The van der Waals surface area contributed by atoms with Gasteiger partial charge in [0.25, 0.3) is 0 Å². The van der Waals surface area contributed by atoms with Gasteiger partial charge in [-0.1, -0.05) is 35.2 Å². The molecule has 0 radical (unpaired) electrons. The number of nitrogens with one attached hydrogen (secondary N) is 2. The van der Waals surface area contributed by atoms with Crippen molar-refractivity contribution in [2.75, 3.05) is 11.1 Å². The lowest BCUT2D eigenvalue weighted by Crippen LogP contribution is -2.13. The molecule has 1 aromatic carbocycles. The molecule has 2 heterocycles. The van der Waals surface area contributed by atoms with Gasteiger partial charge in [-0.3, -0.25) is 4.79 Å². The number of amides is 1. The van der Waals surface area contributed by atoms with E-state index in [-0.39, 0.29) is 11.7 Å². The van der Waals surface area contributed by atoms with Crippen molar-refractivity contribution in [3.8, 4) is 0 Å². The van der Waals surface area contributed by atoms with Gasteiger partial charge in [-0.15, -0.1) is 5.10 Å². The molecule has 0 aliphatic heterocycles. The molecule has 0 atom stereocenters. The molecule has 8 heteroatoms. The average molecular weight is 291 g/mol. The second kappa shape index (κ2) is 5.37. The molecule has 1 amide bonds. The summed E-state index contributed by atoms with van der Waals surface area (Å²) in [6, 6.07) is 7.78. The van der Waals surface area contributed by atoms with Crippen LogP contribution in [-0.4, -0.2) is 32.1 Å². The number of anilines is 1. The van der Waals surface area contributed by atoms with Crippen LogP contribution in [0.3, 0.4) is 0 Å². The summed E-state index contributed by atoms with van der Waals surface area (Å²) >= 11 is 2.78. The van der Waals surface area contributed by atoms with Gasteiger partial charge < -0.3 is 5.32 Å². The minimum absolute atomic E-state index is 0.105. The van der Waals surface area contributed by atoms with E-state index >= 15 is 0 Å². The zero-order valence-electron chi connectivity index (χ0n) is 9.66. The third-order valence-electron chi connectivity index (χ3n) is 2.28. The van der Waals surface area contributed by atoms with Crippen molar-refractivity contribution in [2.24, 2.45) is 0 Å². The summed E-state index contributed by atoms with van der Waals surface area (Å²) in [7, 11) is 0. The fourth-order valence-corrected chi connectivity index (χ4v) is 2.95. The first-order valence-electron chi connectivity index (χ1n) is 5.45. The fraction of sp³-hybridized carbons (Fsp3) is 0.0909. The number of rotatable bonds is 4. The zero-order valence-corrected chi connectivity index (χ0v) is 11.3. The molecular weight excluding hydrogens is 282 g/mol. The van der Waals surface area contributed by atoms with Crippen molar-refractivity contribution < 1.29 is 4.79 Å². The van der Waals surface area contributed by atoms with E-state index in [0.29, 0.717) is 10.2 Å². The van der Waals surface area contributed by atoms with E-state index in [1.54, 1.807) is 6.20 Å². The second-order valence-corrected chi connectivity index (χ2v) is 5.66. The number of hydrogen-bond acceptors (Lipinski definition) is 6. The van der Waals surface area contributed by atoms with E-state index in [4.69, 9.17) is 0 Å². The van der Waals surface area contributed by atoms with Gasteiger partial charge in [-0.25, -0.2) is 4.98 Å². The Balaban J connectivity index is 1.62. The van der Waals surface area contributed by atoms with Crippen LogP contribution in [0, 0.1) is 0 Å². The number of aromatic nitrogens is 4. The van der Waals surface area contributed by atoms with E-state index in [1.807, 2.05) is 24.3 Å². The minimum Gasteiger partial charge on any atom is -0.301 e. The first-order valence-corrected chi connectivity index (χ1v) is 7.25. The van der Waals surface area contributed by atoms with Gasteiger partial charge in [0.2, 0.25) is 5.91 Å². The Morgan fingerprint density at radius 3 is 3.11 bits per heavy atom. The van der Waals surface area contributed by atoms with Gasteiger partial charge in [-0.05, 0) is 12.1 Å². The van der Waals surface area contributed by atoms with E-state index in [1.165, 1.54) is 23.1 Å². The normalized spacial score (nSPS) is 10.7. The third-order valence-corrected chi connectivity index (χ3v) is 4.14. The van der Waals surface area contributed by atoms with Crippen LogP contribution in [0.4, 0.5) is 5.13 Å². The molecule has 0 saturated heterocycles. The summed E-state index contributed by atoms with van der Waals surface area (Å²) in [4.78, 5) is 16.1. The summed E-state index contributed by atoms with van der Waals surface area (Å²) < 4.78 is 1.06. The number of H-pyrrole nitrogens is 1. The Labute approximate surface area is 116 Å². The number of aromatic amines is 1. The van der Waals surface area contributed by atoms with Crippen molar-refractivity contribution in [1.29, 1.82) is 0 Å². The Morgan fingerprint density at radius 2 is 2.32 bits per heavy atom. The summed E-state index contributed by atoms with van der Waals surface area (Å²) in [6.45, 7) is 0. The first-order chi connectivity index (χ1) is 9.31.